The molecular formula is C22H23NO4. The maximum Gasteiger partial charge on any atom is 0.294 e. The number of rotatable bonds is 6. The Hall–Kier alpha value is -3.08. The first kappa shape index (κ1) is 18.7. The molecular weight excluding hydrogens is 342 g/mol. The van der Waals surface area contributed by atoms with E-state index in [2.05, 4.69) is 0 Å². The molecule has 0 bridgehead atoms. The van der Waals surface area contributed by atoms with Crippen molar-refractivity contribution in [1.29, 1.82) is 0 Å². The van der Waals surface area contributed by atoms with Crippen LogP contribution >= 0.6 is 0 Å². The van der Waals surface area contributed by atoms with Crippen LogP contribution in [-0.2, 0) is 9.59 Å². The molecule has 2 aromatic carbocycles. The Kier molecular flexibility index (Phi) is 5.31. The van der Waals surface area contributed by atoms with Gasteiger partial charge in [-0.25, -0.2) is 0 Å². The van der Waals surface area contributed by atoms with Gasteiger partial charge in [-0.1, -0.05) is 31.2 Å². The molecule has 0 spiro atoms. The molecule has 0 fully saturated rings. The number of hydrogen-bond donors (Lipinski definition) is 1. The molecule has 1 atom stereocenters. The predicted octanol–water partition coefficient (Wildman–Crippen LogP) is 4.27. The minimum absolute atomic E-state index is 0.146. The van der Waals surface area contributed by atoms with Crippen molar-refractivity contribution in [3.63, 3.8) is 0 Å². The molecule has 1 amide bonds. The zero-order valence-corrected chi connectivity index (χ0v) is 15.7. The van der Waals surface area contributed by atoms with E-state index in [0.29, 0.717) is 18.0 Å². The molecule has 0 aromatic heterocycles. The van der Waals surface area contributed by atoms with Gasteiger partial charge in [-0.2, -0.15) is 0 Å². The predicted molar refractivity (Wildman–Crippen MR) is 104 cm³/mol. The topological polar surface area (TPSA) is 66.8 Å². The number of aliphatic hydroxyl groups is 1. The van der Waals surface area contributed by atoms with Crippen LogP contribution < -0.4 is 9.64 Å². The van der Waals surface area contributed by atoms with E-state index in [9.17, 15) is 14.7 Å². The van der Waals surface area contributed by atoms with Crippen LogP contribution in [0.1, 0.15) is 37.4 Å². The van der Waals surface area contributed by atoms with Crippen LogP contribution in [0.2, 0.25) is 0 Å². The van der Waals surface area contributed by atoms with Crippen molar-refractivity contribution in [2.75, 3.05) is 11.5 Å². The summed E-state index contributed by atoms with van der Waals surface area (Å²) >= 11 is 0. The number of aryl methyl sites for hydroxylation is 1. The first-order valence-electron chi connectivity index (χ1n) is 9.07. The second-order valence-electron chi connectivity index (χ2n) is 6.46. The van der Waals surface area contributed by atoms with Crippen LogP contribution in [0.25, 0.3) is 0 Å². The summed E-state index contributed by atoms with van der Waals surface area (Å²) in [6.07, 6.45) is 0.210. The summed E-state index contributed by atoms with van der Waals surface area (Å²) in [7, 11) is 0. The lowest BCUT2D eigenvalue weighted by molar-refractivity contribution is -0.118. The molecule has 0 radical (unpaired) electrons. The zero-order chi connectivity index (χ0) is 19.6. The molecule has 0 aliphatic carbocycles. The van der Waals surface area contributed by atoms with Crippen molar-refractivity contribution >= 4 is 17.4 Å². The maximum absolute atomic E-state index is 12.8. The number of carbonyl (C=O) groups is 2. The fourth-order valence-corrected chi connectivity index (χ4v) is 3.35. The average Bonchev–Trinajstić information content (AvgIpc) is 2.93. The van der Waals surface area contributed by atoms with E-state index < -0.39 is 17.7 Å². The lowest BCUT2D eigenvalue weighted by atomic mass is 9.94. The molecule has 0 saturated heterocycles. The highest BCUT2D eigenvalue weighted by molar-refractivity contribution is 6.16. The minimum Gasteiger partial charge on any atom is -0.503 e. The maximum atomic E-state index is 12.8. The van der Waals surface area contributed by atoms with Crippen LogP contribution in [0.5, 0.6) is 5.75 Å². The Morgan fingerprint density at radius 2 is 1.85 bits per heavy atom. The van der Waals surface area contributed by atoms with Crippen LogP contribution in [-0.4, -0.2) is 23.4 Å². The first-order valence-corrected chi connectivity index (χ1v) is 9.07. The molecule has 3 rings (SSSR count). The van der Waals surface area contributed by atoms with Crippen molar-refractivity contribution in [1.82, 2.24) is 0 Å². The van der Waals surface area contributed by atoms with E-state index in [1.165, 1.54) is 4.90 Å². The fraction of sp³-hybridized carbons (Fsp3) is 0.273. The van der Waals surface area contributed by atoms with E-state index in [0.717, 1.165) is 11.1 Å². The van der Waals surface area contributed by atoms with E-state index in [1.807, 2.05) is 44.2 Å². The van der Waals surface area contributed by atoms with Gasteiger partial charge < -0.3 is 9.84 Å². The molecule has 1 unspecified atom stereocenters. The second kappa shape index (κ2) is 7.66. The zero-order valence-electron chi connectivity index (χ0n) is 15.7. The smallest absolute Gasteiger partial charge is 0.294 e. The molecule has 1 N–H and O–H groups in total. The average molecular weight is 365 g/mol. The van der Waals surface area contributed by atoms with Crippen molar-refractivity contribution in [3.05, 3.63) is 71.0 Å². The summed E-state index contributed by atoms with van der Waals surface area (Å²) in [5.41, 5.74) is 2.52. The first-order chi connectivity index (χ1) is 13.0. The van der Waals surface area contributed by atoms with E-state index in [1.54, 1.807) is 25.1 Å². The summed E-state index contributed by atoms with van der Waals surface area (Å²) < 4.78 is 5.48. The van der Waals surface area contributed by atoms with Gasteiger partial charge in [0, 0.05) is 12.1 Å². The Bertz CT molecular complexity index is 899. The van der Waals surface area contributed by atoms with Gasteiger partial charge in [-0.05, 0) is 49.2 Å². The highest BCUT2D eigenvalue weighted by atomic mass is 16.5. The summed E-state index contributed by atoms with van der Waals surface area (Å²) in [5.74, 6) is -0.558. The number of ether oxygens (including phenoxy) is 1. The van der Waals surface area contributed by atoms with Crippen molar-refractivity contribution in [2.45, 2.75) is 33.2 Å². The number of carbonyl (C=O) groups excluding carboxylic acids is 2. The van der Waals surface area contributed by atoms with Gasteiger partial charge >= 0.3 is 0 Å². The summed E-state index contributed by atoms with van der Waals surface area (Å²) in [6.45, 7) is 6.11. The Morgan fingerprint density at radius 3 is 2.44 bits per heavy atom. The number of aliphatic hydroxyl groups excluding tert-OH is 1. The number of amides is 1. The van der Waals surface area contributed by atoms with Gasteiger partial charge in [0.1, 0.15) is 5.75 Å². The fourth-order valence-electron chi connectivity index (χ4n) is 3.35. The minimum atomic E-state index is -0.664. The van der Waals surface area contributed by atoms with Crippen molar-refractivity contribution in [3.8, 4) is 5.75 Å². The van der Waals surface area contributed by atoms with E-state index in [4.69, 9.17) is 4.74 Å². The summed E-state index contributed by atoms with van der Waals surface area (Å²) in [4.78, 5) is 26.9. The Morgan fingerprint density at radius 1 is 1.15 bits per heavy atom. The third-order valence-electron chi connectivity index (χ3n) is 4.62. The van der Waals surface area contributed by atoms with Gasteiger partial charge in [-0.3, -0.25) is 14.5 Å². The summed E-state index contributed by atoms with van der Waals surface area (Å²) in [5, 5.41) is 10.5. The number of hydrogen-bond acceptors (Lipinski definition) is 4. The third-order valence-corrected chi connectivity index (χ3v) is 4.62. The highest BCUT2D eigenvalue weighted by Gasteiger charge is 2.43. The van der Waals surface area contributed by atoms with Crippen LogP contribution in [0.3, 0.4) is 0 Å². The van der Waals surface area contributed by atoms with Crippen LogP contribution in [0.15, 0.2) is 59.9 Å². The van der Waals surface area contributed by atoms with Gasteiger partial charge in [0.05, 0.1) is 18.2 Å². The molecule has 1 heterocycles. The SMILES string of the molecule is CCOc1ccc(C2C(C(=O)CC)=C(O)C(=O)N2c2cccc(C)c2)cc1. The van der Waals surface area contributed by atoms with Crippen LogP contribution in [0.4, 0.5) is 5.69 Å². The third kappa shape index (κ3) is 3.45. The number of Topliss-reactive ketones (excluding diaryl/α,β-unsaturated/α-hetero) is 1. The largest absolute Gasteiger partial charge is 0.503 e. The van der Waals surface area contributed by atoms with Crippen molar-refractivity contribution < 1.29 is 19.4 Å². The molecule has 5 nitrogen and oxygen atoms in total. The second-order valence-corrected chi connectivity index (χ2v) is 6.46. The van der Waals surface area contributed by atoms with Gasteiger partial charge in [-0.15, -0.1) is 0 Å². The van der Waals surface area contributed by atoms with E-state index in [-0.39, 0.29) is 17.8 Å². The van der Waals surface area contributed by atoms with Crippen molar-refractivity contribution in [2.24, 2.45) is 0 Å². The van der Waals surface area contributed by atoms with Gasteiger partial charge in [0.2, 0.25) is 0 Å². The monoisotopic (exact) mass is 365 g/mol. The normalized spacial score (nSPS) is 16.8. The summed E-state index contributed by atoms with van der Waals surface area (Å²) in [6, 6.07) is 14.1. The Balaban J connectivity index is 2.12. The molecule has 5 heteroatoms. The number of ketones is 1. The Labute approximate surface area is 158 Å². The quantitative estimate of drug-likeness (QED) is 0.830. The lowest BCUT2D eigenvalue weighted by Crippen LogP contribution is -2.31. The molecule has 1 aliphatic rings. The standard InChI is InChI=1S/C22H23NO4/c1-4-18(24)19-20(15-9-11-17(12-10-15)27-5-2)23(22(26)21(19)25)16-8-6-7-14(3)13-16/h6-13,20,25H,4-5H2,1-3H3. The van der Waals surface area contributed by atoms with Gasteiger partial charge in [0.15, 0.2) is 11.5 Å². The number of anilines is 1. The number of benzene rings is 2. The molecule has 27 heavy (non-hydrogen) atoms. The highest BCUT2D eigenvalue weighted by Crippen LogP contribution is 2.41. The molecule has 1 aliphatic heterocycles. The molecule has 140 valence electrons. The molecule has 2 aromatic rings. The van der Waals surface area contributed by atoms with Gasteiger partial charge in [0.25, 0.3) is 5.91 Å². The molecule has 0 saturated carbocycles. The lowest BCUT2D eigenvalue weighted by Gasteiger charge is -2.27. The van der Waals surface area contributed by atoms with E-state index >= 15 is 0 Å². The van der Waals surface area contributed by atoms with Crippen LogP contribution in [0, 0.1) is 6.92 Å². The number of nitrogens with zero attached hydrogens (tertiary/aromatic N) is 1.